The topological polar surface area (TPSA) is 112 Å². The van der Waals surface area contributed by atoms with E-state index in [1.807, 2.05) is 0 Å². The van der Waals surface area contributed by atoms with Gasteiger partial charge in [0.05, 0.1) is 6.20 Å². The van der Waals surface area contributed by atoms with Gasteiger partial charge in [-0.2, -0.15) is 5.10 Å². The molecule has 0 radical (unpaired) electrons. The summed E-state index contributed by atoms with van der Waals surface area (Å²) in [6, 6.07) is 1.40. The molecule has 2 heterocycles. The van der Waals surface area contributed by atoms with E-state index in [-0.39, 0.29) is 10.8 Å². The molecule has 1 aliphatic heterocycles. The summed E-state index contributed by atoms with van der Waals surface area (Å²) >= 11 is 0. The molecule has 1 aromatic heterocycles. The van der Waals surface area contributed by atoms with Crippen LogP contribution in [-0.4, -0.2) is 32.5 Å². The maximum atomic E-state index is 13.5. The molecular weight excluding hydrogens is 428 g/mol. The number of halogens is 2. The van der Waals surface area contributed by atoms with Crippen molar-refractivity contribution in [3.63, 3.8) is 0 Å². The van der Waals surface area contributed by atoms with E-state index in [1.54, 1.807) is 0 Å². The number of hydrogen-bond donors (Lipinski definition) is 2. The molecule has 11 heteroatoms. The highest BCUT2D eigenvalue weighted by Gasteiger charge is 2.39. The Labute approximate surface area is 178 Å². The number of nitrogens with zero attached hydrogens (tertiary/aromatic N) is 3. The number of nitrogens with one attached hydrogen (secondary N) is 1. The third-order valence-corrected chi connectivity index (χ3v) is 7.54. The van der Waals surface area contributed by atoms with Gasteiger partial charge in [-0.3, -0.25) is 0 Å². The van der Waals surface area contributed by atoms with Crippen molar-refractivity contribution in [2.75, 3.05) is 11.9 Å². The van der Waals surface area contributed by atoms with E-state index in [4.69, 9.17) is 9.88 Å². The average molecular weight is 451 g/mol. The Balaban J connectivity index is 1.48. The van der Waals surface area contributed by atoms with Crippen LogP contribution < -0.4 is 15.2 Å². The molecule has 1 aromatic carbocycles. The number of aryl methyl sites for hydroxylation is 2. The van der Waals surface area contributed by atoms with Crippen LogP contribution in [0.1, 0.15) is 47.9 Å². The van der Waals surface area contributed by atoms with Crippen LogP contribution in [0.25, 0.3) is 0 Å². The van der Waals surface area contributed by atoms with Crippen molar-refractivity contribution < 1.29 is 22.5 Å². The van der Waals surface area contributed by atoms with Gasteiger partial charge in [-0.05, 0) is 60.3 Å². The Hall–Kier alpha value is -2.53. The van der Waals surface area contributed by atoms with Crippen LogP contribution in [0.2, 0.25) is 0 Å². The number of alkyl halides is 2. The van der Waals surface area contributed by atoms with Crippen LogP contribution in [0.5, 0.6) is 5.88 Å². The minimum Gasteiger partial charge on any atom is -0.470 e. The number of anilines is 1. The van der Waals surface area contributed by atoms with Gasteiger partial charge >= 0.3 is 12.0 Å². The predicted octanol–water partition coefficient (Wildman–Crippen LogP) is 3.38. The molecule has 2 aromatic rings. The highest BCUT2D eigenvalue weighted by Crippen LogP contribution is 2.44. The number of fused-ring (bicyclic) bond motifs is 3. The highest BCUT2D eigenvalue weighted by atomic mass is 32.2. The largest absolute Gasteiger partial charge is 0.470 e. The number of nitrogens with two attached hydrogens (primary N) is 1. The van der Waals surface area contributed by atoms with E-state index >= 15 is 0 Å². The van der Waals surface area contributed by atoms with Crippen LogP contribution in [0.4, 0.5) is 19.3 Å². The van der Waals surface area contributed by atoms with Gasteiger partial charge in [0, 0.05) is 5.69 Å². The lowest BCUT2D eigenvalue weighted by molar-refractivity contribution is -0.0805. The molecule has 3 aliphatic rings. The van der Waals surface area contributed by atoms with Crippen molar-refractivity contribution in [3.8, 4) is 5.88 Å². The van der Waals surface area contributed by atoms with Crippen molar-refractivity contribution in [3.05, 3.63) is 34.5 Å². The molecule has 0 saturated heterocycles. The number of carbonyl (C=O) groups is 1. The van der Waals surface area contributed by atoms with E-state index in [9.17, 15) is 17.8 Å². The fourth-order valence-corrected chi connectivity index (χ4v) is 5.81. The van der Waals surface area contributed by atoms with Gasteiger partial charge in [-0.15, -0.1) is 4.36 Å². The third-order valence-electron chi connectivity index (χ3n) is 6.19. The second-order valence-corrected chi connectivity index (χ2v) is 10.2. The molecule has 0 unspecified atom stereocenters. The van der Waals surface area contributed by atoms with Crippen LogP contribution in [0, 0.1) is 0 Å². The Morgan fingerprint density at radius 3 is 3.00 bits per heavy atom. The first-order valence-corrected chi connectivity index (χ1v) is 11.8. The Kier molecular flexibility index (Phi) is 4.60. The first kappa shape index (κ1) is 20.4. The van der Waals surface area contributed by atoms with Crippen molar-refractivity contribution in [2.45, 2.75) is 62.3 Å². The van der Waals surface area contributed by atoms with Crippen molar-refractivity contribution in [2.24, 2.45) is 9.50 Å². The molecule has 0 spiro atoms. The molecule has 166 valence electrons. The number of urea groups is 1. The summed E-state index contributed by atoms with van der Waals surface area (Å²) in [4.78, 5) is 12.6. The van der Waals surface area contributed by atoms with Gasteiger partial charge < -0.3 is 10.1 Å². The van der Waals surface area contributed by atoms with Crippen LogP contribution in [0.15, 0.2) is 21.5 Å². The minimum absolute atomic E-state index is 0.148. The zero-order valence-corrected chi connectivity index (χ0v) is 17.8. The molecule has 5 rings (SSSR count). The molecule has 3 N–H and O–H groups in total. The molecule has 0 fully saturated rings. The van der Waals surface area contributed by atoms with E-state index in [1.165, 1.54) is 11.1 Å². The van der Waals surface area contributed by atoms with Gasteiger partial charge in [-0.25, -0.2) is 27.6 Å². The molecule has 0 bridgehead atoms. The molecule has 0 saturated carbocycles. The lowest BCUT2D eigenvalue weighted by atomic mass is 9.95. The molecular formula is C20H23F2N5O3S. The number of carbonyl (C=O) groups excluding carboxylic acids is 1. The second-order valence-electron chi connectivity index (χ2n) is 8.46. The quantitative estimate of drug-likeness (QED) is 0.729. The highest BCUT2D eigenvalue weighted by molar-refractivity contribution is 7.91. The van der Waals surface area contributed by atoms with E-state index in [0.717, 1.165) is 59.8 Å². The van der Waals surface area contributed by atoms with Gasteiger partial charge in [0.1, 0.15) is 11.4 Å². The lowest BCUT2D eigenvalue weighted by Gasteiger charge is -2.24. The molecule has 8 nitrogen and oxygen atoms in total. The van der Waals surface area contributed by atoms with E-state index < -0.39 is 35.0 Å². The summed E-state index contributed by atoms with van der Waals surface area (Å²) in [5.74, 6) is -2.94. The number of benzene rings is 1. The maximum Gasteiger partial charge on any atom is 0.354 e. The second kappa shape index (κ2) is 6.99. The fraction of sp³-hybridized carbons (Fsp3) is 0.500. The van der Waals surface area contributed by atoms with Gasteiger partial charge in [0.25, 0.3) is 0 Å². The van der Waals surface area contributed by atoms with Crippen LogP contribution >= 0.6 is 0 Å². The molecule has 2 atom stereocenters. The summed E-state index contributed by atoms with van der Waals surface area (Å²) in [6.45, 7) is 0.524. The first-order chi connectivity index (χ1) is 14.6. The summed E-state index contributed by atoms with van der Waals surface area (Å²) in [5, 5.41) is 12.5. The number of ether oxygens (including phenoxy) is 1. The SMILES string of the molecule is C[C@@H]1CCc2cc3c(c(NC(=O)N=[S@](N)(=O)c4cnn5c4OCC(F)(F)C5)c21)CCC3. The maximum absolute atomic E-state index is 13.5. The summed E-state index contributed by atoms with van der Waals surface area (Å²) in [7, 11) is -3.75. The average Bonchev–Trinajstić information content (AvgIpc) is 3.38. The Morgan fingerprint density at radius 1 is 1.39 bits per heavy atom. The van der Waals surface area contributed by atoms with E-state index in [0.29, 0.717) is 5.92 Å². The fourth-order valence-electron chi connectivity index (χ4n) is 4.81. The van der Waals surface area contributed by atoms with Crippen molar-refractivity contribution in [1.82, 2.24) is 9.78 Å². The smallest absolute Gasteiger partial charge is 0.354 e. The van der Waals surface area contributed by atoms with Gasteiger partial charge in [0.15, 0.2) is 16.5 Å². The normalized spacial score (nSPS) is 22.6. The van der Waals surface area contributed by atoms with E-state index in [2.05, 4.69) is 27.8 Å². The summed E-state index contributed by atoms with van der Waals surface area (Å²) in [6.07, 6.45) is 5.88. The molecule has 2 aliphatic carbocycles. The standard InChI is InChI=1S/C20H23F2N5O3S/c1-11-5-6-13-7-12-3-2-4-14(12)17(16(11)13)25-19(28)26-31(23,29)15-8-24-27-9-20(21,22)10-30-18(15)27/h7-8,11H,2-6,9-10H2,1H3,(H3,23,25,26,28,29)/t11-,31+/m1/s1. The molecule has 2 amide bonds. The Morgan fingerprint density at radius 2 is 2.19 bits per heavy atom. The van der Waals surface area contributed by atoms with Crippen molar-refractivity contribution >= 4 is 21.6 Å². The van der Waals surface area contributed by atoms with Crippen LogP contribution in [-0.2, 0) is 35.7 Å². The van der Waals surface area contributed by atoms with Crippen LogP contribution in [0.3, 0.4) is 0 Å². The lowest BCUT2D eigenvalue weighted by Crippen LogP contribution is -2.37. The number of hydrogen-bond acceptors (Lipinski definition) is 4. The monoisotopic (exact) mass is 451 g/mol. The van der Waals surface area contributed by atoms with Crippen molar-refractivity contribution in [1.29, 1.82) is 0 Å². The predicted molar refractivity (Wildman–Crippen MR) is 110 cm³/mol. The van der Waals surface area contributed by atoms with Gasteiger partial charge in [-0.1, -0.05) is 13.0 Å². The Bertz CT molecular complexity index is 1220. The minimum atomic E-state index is -3.75. The third kappa shape index (κ3) is 3.49. The first-order valence-electron chi connectivity index (χ1n) is 10.2. The number of aromatic nitrogens is 2. The summed E-state index contributed by atoms with van der Waals surface area (Å²) < 4.78 is 49.7. The van der Waals surface area contributed by atoms with Gasteiger partial charge in [0.2, 0.25) is 5.88 Å². The zero-order valence-electron chi connectivity index (χ0n) is 17.0. The summed E-state index contributed by atoms with van der Waals surface area (Å²) in [5.41, 5.74) is 5.44. The number of rotatable bonds is 2. The zero-order chi connectivity index (χ0) is 22.0. The number of amides is 2. The molecule has 31 heavy (non-hydrogen) atoms.